The van der Waals surface area contributed by atoms with Crippen molar-refractivity contribution in [2.45, 2.75) is 69.2 Å². The maximum absolute atomic E-state index is 12.7. The molecule has 0 unspecified atom stereocenters. The molecule has 2 atom stereocenters. The smallest absolute Gasteiger partial charge is 0.251 e. The summed E-state index contributed by atoms with van der Waals surface area (Å²) in [5.74, 6) is 0.154. The van der Waals surface area contributed by atoms with Crippen LogP contribution in [0.5, 0.6) is 0 Å². The molecule has 1 saturated heterocycles. The van der Waals surface area contributed by atoms with Crippen LogP contribution >= 0.6 is 12.4 Å². The fourth-order valence-electron chi connectivity index (χ4n) is 3.81. The van der Waals surface area contributed by atoms with E-state index in [4.69, 9.17) is 10.5 Å². The second-order valence-electron chi connectivity index (χ2n) is 7.03. The number of nitrogens with two attached hydrogens (primary N) is 1. The second kappa shape index (κ2) is 8.84. The van der Waals surface area contributed by atoms with E-state index in [-0.39, 0.29) is 30.5 Å². The Hall–Kier alpha value is -1.10. The van der Waals surface area contributed by atoms with Crippen LogP contribution in [0.2, 0.25) is 0 Å². The monoisotopic (exact) mass is 352 g/mol. The van der Waals surface area contributed by atoms with Crippen LogP contribution in [0.4, 0.5) is 0 Å². The number of ether oxygens (including phenoxy) is 1. The third-order valence-electron chi connectivity index (χ3n) is 5.33. The highest BCUT2D eigenvalue weighted by Gasteiger charge is 2.35. The highest BCUT2D eigenvalue weighted by Crippen LogP contribution is 2.27. The van der Waals surface area contributed by atoms with Gasteiger partial charge in [0.05, 0.1) is 6.10 Å². The summed E-state index contributed by atoms with van der Waals surface area (Å²) in [5, 5.41) is 0. The quantitative estimate of drug-likeness (QED) is 0.906. The number of amides is 1. The van der Waals surface area contributed by atoms with E-state index in [1.54, 1.807) is 0 Å². The zero-order valence-electron chi connectivity index (χ0n) is 14.4. The standard InChI is InChI=1S/C19H28N2O2.ClH/c1-21(16-9-7-15(20)8-10-16)19(22)18-12-11-17(23-18)13-14-5-3-2-4-6-14;/h2-6,15-18H,7-13,20H2,1H3;1H/t15?,16?,17-,18+;/m1./s1. The van der Waals surface area contributed by atoms with E-state index < -0.39 is 0 Å². The lowest BCUT2D eigenvalue weighted by atomic mass is 9.90. The van der Waals surface area contributed by atoms with Crippen LogP contribution in [0.1, 0.15) is 44.1 Å². The van der Waals surface area contributed by atoms with Crippen molar-refractivity contribution in [3.63, 3.8) is 0 Å². The van der Waals surface area contributed by atoms with Gasteiger partial charge in [0.15, 0.2) is 0 Å². The first-order chi connectivity index (χ1) is 11.1. The Labute approximate surface area is 151 Å². The van der Waals surface area contributed by atoms with Crippen LogP contribution < -0.4 is 5.73 Å². The number of hydrogen-bond donors (Lipinski definition) is 1. The third kappa shape index (κ3) is 4.71. The van der Waals surface area contributed by atoms with Gasteiger partial charge in [-0.3, -0.25) is 4.79 Å². The summed E-state index contributed by atoms with van der Waals surface area (Å²) in [7, 11) is 1.93. The number of hydrogen-bond acceptors (Lipinski definition) is 3. The molecule has 0 spiro atoms. The minimum absolute atomic E-state index is 0. The van der Waals surface area contributed by atoms with Crippen LogP contribution in [-0.2, 0) is 16.0 Å². The molecule has 2 N–H and O–H groups in total. The third-order valence-corrected chi connectivity index (χ3v) is 5.33. The summed E-state index contributed by atoms with van der Waals surface area (Å²) >= 11 is 0. The molecule has 3 rings (SSSR count). The molecule has 1 aromatic carbocycles. The van der Waals surface area contributed by atoms with Crippen LogP contribution in [0, 0.1) is 0 Å². The molecule has 134 valence electrons. The molecule has 1 saturated carbocycles. The number of carbonyl (C=O) groups excluding carboxylic acids is 1. The summed E-state index contributed by atoms with van der Waals surface area (Å²) in [6.45, 7) is 0. The number of likely N-dealkylation sites (N-methyl/N-ethyl adjacent to an activating group) is 1. The molecule has 24 heavy (non-hydrogen) atoms. The SMILES string of the molecule is CN(C(=O)[C@@H]1CC[C@H](Cc2ccccc2)O1)C1CCC(N)CC1.Cl. The largest absolute Gasteiger partial charge is 0.365 e. The highest BCUT2D eigenvalue weighted by molar-refractivity contribution is 5.85. The van der Waals surface area contributed by atoms with Gasteiger partial charge in [-0.2, -0.15) is 0 Å². The predicted octanol–water partition coefficient (Wildman–Crippen LogP) is 2.93. The number of benzene rings is 1. The number of carbonyl (C=O) groups is 1. The molecule has 2 aliphatic rings. The Morgan fingerprint density at radius 3 is 2.46 bits per heavy atom. The summed E-state index contributed by atoms with van der Waals surface area (Å²) in [4.78, 5) is 14.6. The molecular weight excluding hydrogens is 324 g/mol. The first-order valence-corrected chi connectivity index (χ1v) is 8.85. The van der Waals surface area contributed by atoms with E-state index in [0.717, 1.165) is 44.9 Å². The molecule has 1 aromatic rings. The summed E-state index contributed by atoms with van der Waals surface area (Å²) in [6.07, 6.45) is 6.68. The van der Waals surface area contributed by atoms with Gasteiger partial charge in [-0.25, -0.2) is 0 Å². The predicted molar refractivity (Wildman–Crippen MR) is 98.3 cm³/mol. The fourth-order valence-corrected chi connectivity index (χ4v) is 3.81. The van der Waals surface area contributed by atoms with Gasteiger partial charge in [0, 0.05) is 19.1 Å². The van der Waals surface area contributed by atoms with Gasteiger partial charge in [0.1, 0.15) is 6.10 Å². The maximum Gasteiger partial charge on any atom is 0.251 e. The van der Waals surface area contributed by atoms with Crippen molar-refractivity contribution >= 4 is 18.3 Å². The van der Waals surface area contributed by atoms with Crippen molar-refractivity contribution in [3.05, 3.63) is 35.9 Å². The molecule has 1 aliphatic carbocycles. The van der Waals surface area contributed by atoms with E-state index >= 15 is 0 Å². The second-order valence-corrected chi connectivity index (χ2v) is 7.03. The Balaban J connectivity index is 0.00000208. The molecule has 1 amide bonds. The molecule has 1 heterocycles. The topological polar surface area (TPSA) is 55.6 Å². The van der Waals surface area contributed by atoms with Crippen molar-refractivity contribution in [1.29, 1.82) is 0 Å². The summed E-state index contributed by atoms with van der Waals surface area (Å²) in [6, 6.07) is 11.0. The van der Waals surface area contributed by atoms with Gasteiger partial charge in [0.2, 0.25) is 0 Å². The van der Waals surface area contributed by atoms with Crippen LogP contribution in [0.25, 0.3) is 0 Å². The van der Waals surface area contributed by atoms with E-state index in [1.807, 2.05) is 18.0 Å². The van der Waals surface area contributed by atoms with Crippen molar-refractivity contribution < 1.29 is 9.53 Å². The molecule has 0 bridgehead atoms. The minimum atomic E-state index is -0.260. The summed E-state index contributed by atoms with van der Waals surface area (Å²) in [5.41, 5.74) is 7.24. The minimum Gasteiger partial charge on any atom is -0.365 e. The molecular formula is C19H29ClN2O2. The van der Waals surface area contributed by atoms with Crippen molar-refractivity contribution in [2.24, 2.45) is 5.73 Å². The molecule has 4 nitrogen and oxygen atoms in total. The van der Waals surface area contributed by atoms with Crippen molar-refractivity contribution in [2.75, 3.05) is 7.05 Å². The lowest BCUT2D eigenvalue weighted by Gasteiger charge is -2.34. The number of nitrogens with zero attached hydrogens (tertiary/aromatic N) is 1. The van der Waals surface area contributed by atoms with Gasteiger partial charge in [-0.05, 0) is 50.5 Å². The zero-order valence-corrected chi connectivity index (χ0v) is 15.2. The average Bonchev–Trinajstić information content (AvgIpc) is 3.03. The molecule has 5 heteroatoms. The van der Waals surface area contributed by atoms with E-state index in [1.165, 1.54) is 5.56 Å². The van der Waals surface area contributed by atoms with Crippen LogP contribution in [0.15, 0.2) is 30.3 Å². The van der Waals surface area contributed by atoms with E-state index in [0.29, 0.717) is 12.1 Å². The van der Waals surface area contributed by atoms with Gasteiger partial charge in [-0.15, -0.1) is 12.4 Å². The van der Waals surface area contributed by atoms with E-state index in [9.17, 15) is 4.79 Å². The Morgan fingerprint density at radius 1 is 1.12 bits per heavy atom. The van der Waals surface area contributed by atoms with Gasteiger partial charge >= 0.3 is 0 Å². The lowest BCUT2D eigenvalue weighted by Crippen LogP contribution is -2.45. The first kappa shape index (κ1) is 19.2. The highest BCUT2D eigenvalue weighted by atomic mass is 35.5. The van der Waals surface area contributed by atoms with Crippen LogP contribution in [0.3, 0.4) is 0 Å². The Bertz CT molecular complexity index is 517. The normalized spacial score (nSPS) is 29.8. The molecule has 1 aliphatic heterocycles. The van der Waals surface area contributed by atoms with E-state index in [2.05, 4.69) is 24.3 Å². The first-order valence-electron chi connectivity index (χ1n) is 8.85. The van der Waals surface area contributed by atoms with Crippen LogP contribution in [-0.4, -0.2) is 42.1 Å². The average molecular weight is 353 g/mol. The Kier molecular flexibility index (Phi) is 7.08. The molecule has 0 radical (unpaired) electrons. The number of halogens is 1. The van der Waals surface area contributed by atoms with Crippen molar-refractivity contribution in [1.82, 2.24) is 4.90 Å². The van der Waals surface area contributed by atoms with Gasteiger partial charge in [-0.1, -0.05) is 30.3 Å². The maximum atomic E-state index is 12.7. The van der Waals surface area contributed by atoms with Gasteiger partial charge in [0.25, 0.3) is 5.91 Å². The fraction of sp³-hybridized carbons (Fsp3) is 0.632. The Morgan fingerprint density at radius 2 is 1.79 bits per heavy atom. The van der Waals surface area contributed by atoms with Gasteiger partial charge < -0.3 is 15.4 Å². The number of rotatable bonds is 4. The molecule has 2 fully saturated rings. The summed E-state index contributed by atoms with van der Waals surface area (Å²) < 4.78 is 6.04. The zero-order chi connectivity index (χ0) is 16.2. The van der Waals surface area contributed by atoms with Crippen molar-refractivity contribution in [3.8, 4) is 0 Å². The molecule has 0 aromatic heterocycles. The lowest BCUT2D eigenvalue weighted by molar-refractivity contribution is -0.144.